The largest absolute Gasteiger partial charge is 0.496 e. The quantitative estimate of drug-likeness (QED) is 0.582. The van der Waals surface area contributed by atoms with E-state index in [4.69, 9.17) is 4.74 Å². The molecule has 3 nitrogen and oxygen atoms in total. The Morgan fingerprint density at radius 3 is 2.67 bits per heavy atom. The summed E-state index contributed by atoms with van der Waals surface area (Å²) in [5.74, 6) is 0.463. The van der Waals surface area contributed by atoms with Gasteiger partial charge in [0.2, 0.25) is 0 Å². The highest BCUT2D eigenvalue weighted by molar-refractivity contribution is 7.98. The van der Waals surface area contributed by atoms with E-state index in [1.165, 1.54) is 7.11 Å². The number of esters is 1. The van der Waals surface area contributed by atoms with E-state index in [-0.39, 0.29) is 12.4 Å². The molecule has 1 aromatic rings. The molecule has 0 N–H and O–H groups in total. The van der Waals surface area contributed by atoms with Crippen molar-refractivity contribution in [1.29, 1.82) is 0 Å². The molecule has 0 radical (unpaired) electrons. The van der Waals surface area contributed by atoms with Crippen molar-refractivity contribution in [2.24, 2.45) is 0 Å². The minimum Gasteiger partial charge on any atom is -0.496 e. The van der Waals surface area contributed by atoms with E-state index in [9.17, 15) is 4.79 Å². The fraction of sp³-hybridized carbons (Fsp3) is 0.364. The lowest BCUT2D eigenvalue weighted by atomic mass is 10.1. The number of carbonyl (C=O) groups excluding carboxylic acids is 1. The number of methoxy groups -OCH3 is 2. The Morgan fingerprint density at radius 2 is 2.13 bits per heavy atom. The number of thioether (sulfide) groups is 1. The lowest BCUT2D eigenvalue weighted by Crippen LogP contribution is -2.05. The number of hydrogen-bond donors (Lipinski definition) is 0. The molecule has 0 aliphatic heterocycles. The van der Waals surface area contributed by atoms with Crippen LogP contribution in [0, 0.1) is 0 Å². The summed E-state index contributed by atoms with van der Waals surface area (Å²) in [6, 6.07) is 5.77. The first-order valence-corrected chi connectivity index (χ1v) is 5.71. The van der Waals surface area contributed by atoms with Crippen LogP contribution in [0.4, 0.5) is 0 Å². The molecule has 0 atom stereocenters. The van der Waals surface area contributed by atoms with Gasteiger partial charge in [0.1, 0.15) is 5.75 Å². The first-order chi connectivity index (χ1) is 7.21. The van der Waals surface area contributed by atoms with Crippen molar-refractivity contribution in [1.82, 2.24) is 0 Å². The molecule has 0 aromatic heterocycles. The minimum atomic E-state index is -0.258. The van der Waals surface area contributed by atoms with Gasteiger partial charge in [-0.3, -0.25) is 4.79 Å². The molecule has 0 heterocycles. The summed E-state index contributed by atoms with van der Waals surface area (Å²) in [4.78, 5) is 12.3. The van der Waals surface area contributed by atoms with Gasteiger partial charge in [0.25, 0.3) is 0 Å². The molecule has 0 amide bonds. The summed E-state index contributed by atoms with van der Waals surface area (Å²) < 4.78 is 9.80. The van der Waals surface area contributed by atoms with Crippen LogP contribution in [0.5, 0.6) is 5.75 Å². The third-order valence-electron chi connectivity index (χ3n) is 2.05. The maximum absolute atomic E-state index is 11.2. The SMILES string of the molecule is COC(=O)Cc1cc(SC)ccc1OC. The van der Waals surface area contributed by atoms with Crippen molar-refractivity contribution in [3.05, 3.63) is 23.8 Å². The molecule has 1 aromatic carbocycles. The van der Waals surface area contributed by atoms with Crippen LogP contribution in [-0.4, -0.2) is 26.4 Å². The molecule has 1 rings (SSSR count). The molecule has 0 fully saturated rings. The summed E-state index contributed by atoms with van der Waals surface area (Å²) in [5.41, 5.74) is 0.858. The van der Waals surface area contributed by atoms with Gasteiger partial charge in [-0.15, -0.1) is 11.8 Å². The zero-order valence-electron chi connectivity index (χ0n) is 9.07. The number of hydrogen-bond acceptors (Lipinski definition) is 4. The zero-order valence-corrected chi connectivity index (χ0v) is 9.89. The second-order valence-electron chi connectivity index (χ2n) is 2.93. The summed E-state index contributed by atoms with van der Waals surface area (Å²) in [5, 5.41) is 0. The summed E-state index contributed by atoms with van der Waals surface area (Å²) in [7, 11) is 2.97. The van der Waals surface area contributed by atoms with Crippen LogP contribution in [0.2, 0.25) is 0 Å². The number of ether oxygens (including phenoxy) is 2. The van der Waals surface area contributed by atoms with Crippen LogP contribution in [0.3, 0.4) is 0 Å². The first-order valence-electron chi connectivity index (χ1n) is 4.49. The van der Waals surface area contributed by atoms with Gasteiger partial charge in [-0.25, -0.2) is 0 Å². The molecule has 0 bridgehead atoms. The highest BCUT2D eigenvalue weighted by atomic mass is 32.2. The van der Waals surface area contributed by atoms with Crippen LogP contribution >= 0.6 is 11.8 Å². The molecule has 0 unspecified atom stereocenters. The zero-order chi connectivity index (χ0) is 11.3. The topological polar surface area (TPSA) is 35.5 Å². The molecule has 82 valence electrons. The number of carbonyl (C=O) groups is 1. The molecule has 0 saturated heterocycles. The maximum atomic E-state index is 11.2. The third-order valence-corrected chi connectivity index (χ3v) is 2.78. The molecule has 0 aliphatic rings. The molecule has 15 heavy (non-hydrogen) atoms. The average Bonchev–Trinajstić information content (AvgIpc) is 2.28. The number of benzene rings is 1. The fourth-order valence-electron chi connectivity index (χ4n) is 1.25. The predicted molar refractivity (Wildman–Crippen MR) is 60.5 cm³/mol. The Balaban J connectivity index is 2.95. The molecule has 0 saturated carbocycles. The van der Waals surface area contributed by atoms with E-state index in [0.29, 0.717) is 0 Å². The van der Waals surface area contributed by atoms with Crippen LogP contribution in [0.15, 0.2) is 23.1 Å². The molecular formula is C11H14O3S. The van der Waals surface area contributed by atoms with Crippen LogP contribution in [0.1, 0.15) is 5.56 Å². The van der Waals surface area contributed by atoms with Gasteiger partial charge in [0.05, 0.1) is 20.6 Å². The second-order valence-corrected chi connectivity index (χ2v) is 3.81. The van der Waals surface area contributed by atoms with Crippen molar-refractivity contribution >= 4 is 17.7 Å². The first kappa shape index (κ1) is 11.9. The van der Waals surface area contributed by atoms with Gasteiger partial charge in [0.15, 0.2) is 0 Å². The molecule has 0 aliphatic carbocycles. The van der Waals surface area contributed by atoms with Gasteiger partial charge in [-0.2, -0.15) is 0 Å². The van der Waals surface area contributed by atoms with Crippen molar-refractivity contribution in [3.8, 4) is 5.75 Å². The van der Waals surface area contributed by atoms with Gasteiger partial charge in [-0.1, -0.05) is 0 Å². The highest BCUT2D eigenvalue weighted by Gasteiger charge is 2.09. The van der Waals surface area contributed by atoms with E-state index in [1.807, 2.05) is 24.5 Å². The maximum Gasteiger partial charge on any atom is 0.310 e. The van der Waals surface area contributed by atoms with Gasteiger partial charge in [0, 0.05) is 10.5 Å². The van der Waals surface area contributed by atoms with Gasteiger partial charge in [-0.05, 0) is 24.5 Å². The highest BCUT2D eigenvalue weighted by Crippen LogP contribution is 2.25. The fourth-order valence-corrected chi connectivity index (χ4v) is 1.71. The standard InChI is InChI=1S/C11H14O3S/c1-13-10-5-4-9(15-3)6-8(10)7-11(12)14-2/h4-6H,7H2,1-3H3. The van der Waals surface area contributed by atoms with Crippen LogP contribution < -0.4 is 4.74 Å². The van der Waals surface area contributed by atoms with Crippen molar-refractivity contribution in [3.63, 3.8) is 0 Å². The predicted octanol–water partition coefficient (Wildman–Crippen LogP) is 2.13. The van der Waals surface area contributed by atoms with E-state index in [2.05, 4.69) is 4.74 Å². The third kappa shape index (κ3) is 3.16. The van der Waals surface area contributed by atoms with Gasteiger partial charge >= 0.3 is 5.97 Å². The monoisotopic (exact) mass is 226 g/mol. The van der Waals surface area contributed by atoms with E-state index in [0.717, 1.165) is 16.2 Å². The second kappa shape index (κ2) is 5.66. The van der Waals surface area contributed by atoms with Crippen LogP contribution in [-0.2, 0) is 16.0 Å². The Morgan fingerprint density at radius 1 is 1.40 bits per heavy atom. The smallest absolute Gasteiger partial charge is 0.310 e. The Labute approximate surface area is 93.8 Å². The summed E-state index contributed by atoms with van der Waals surface area (Å²) in [6.07, 6.45) is 2.23. The van der Waals surface area contributed by atoms with Crippen molar-refractivity contribution < 1.29 is 14.3 Å². The molecule has 0 spiro atoms. The molecule has 4 heteroatoms. The normalized spacial score (nSPS) is 9.80. The summed E-state index contributed by atoms with van der Waals surface area (Å²) in [6.45, 7) is 0. The van der Waals surface area contributed by atoms with Crippen molar-refractivity contribution in [2.75, 3.05) is 20.5 Å². The minimum absolute atomic E-state index is 0.244. The number of rotatable bonds is 4. The molecular weight excluding hydrogens is 212 g/mol. The Bertz CT molecular complexity index is 350. The lowest BCUT2D eigenvalue weighted by molar-refractivity contribution is -0.139. The average molecular weight is 226 g/mol. The lowest BCUT2D eigenvalue weighted by Gasteiger charge is -2.08. The van der Waals surface area contributed by atoms with E-state index < -0.39 is 0 Å². The Hall–Kier alpha value is -1.16. The van der Waals surface area contributed by atoms with E-state index >= 15 is 0 Å². The van der Waals surface area contributed by atoms with Gasteiger partial charge < -0.3 is 9.47 Å². The summed E-state index contributed by atoms with van der Waals surface area (Å²) >= 11 is 1.63. The Kier molecular flexibility index (Phi) is 4.49. The van der Waals surface area contributed by atoms with E-state index in [1.54, 1.807) is 18.9 Å². The van der Waals surface area contributed by atoms with Crippen molar-refractivity contribution in [2.45, 2.75) is 11.3 Å². The van der Waals surface area contributed by atoms with Crippen LogP contribution in [0.25, 0.3) is 0 Å².